The molecule has 2 rings (SSSR count). The zero-order valence-corrected chi connectivity index (χ0v) is 11.0. The van der Waals surface area contributed by atoms with Gasteiger partial charge in [0.15, 0.2) is 11.7 Å². The number of halogens is 3. The molecule has 0 radical (unpaired) electrons. The molecule has 0 unspecified atom stereocenters. The van der Waals surface area contributed by atoms with E-state index in [9.17, 15) is 4.79 Å². The number of nitrogen functional groups attached to an aromatic ring is 1. The zero-order chi connectivity index (χ0) is 13.3. The number of nitrogens with zero attached hydrogens (tertiary/aromatic N) is 1. The lowest BCUT2D eigenvalue weighted by atomic mass is 10.3. The molecule has 1 aromatic carbocycles. The van der Waals surface area contributed by atoms with Crippen LogP contribution in [0.2, 0.25) is 15.1 Å². The highest BCUT2D eigenvalue weighted by molar-refractivity contribution is 6.40. The number of benzene rings is 1. The Morgan fingerprint density at radius 2 is 1.83 bits per heavy atom. The van der Waals surface area contributed by atoms with Crippen molar-refractivity contribution in [2.45, 2.75) is 0 Å². The maximum absolute atomic E-state index is 11.5. The van der Waals surface area contributed by atoms with Crippen LogP contribution < -0.4 is 16.0 Å². The van der Waals surface area contributed by atoms with E-state index in [0.717, 1.165) is 0 Å². The van der Waals surface area contributed by atoms with Gasteiger partial charge in [-0.1, -0.05) is 34.8 Å². The summed E-state index contributed by atoms with van der Waals surface area (Å²) in [7, 11) is 0. The van der Waals surface area contributed by atoms with Gasteiger partial charge in [0, 0.05) is 5.02 Å². The number of nitrogens with one attached hydrogen (secondary N) is 1. The molecule has 1 heterocycles. The highest BCUT2D eigenvalue weighted by Crippen LogP contribution is 2.37. The maximum Gasteiger partial charge on any atom is 0.295 e. The van der Waals surface area contributed by atoms with Crippen LogP contribution >= 0.6 is 34.8 Å². The number of aromatic amines is 1. The van der Waals surface area contributed by atoms with Crippen molar-refractivity contribution in [1.82, 2.24) is 9.97 Å². The van der Waals surface area contributed by atoms with E-state index < -0.39 is 5.56 Å². The molecule has 3 N–H and O–H groups in total. The number of rotatable bonds is 2. The van der Waals surface area contributed by atoms with Gasteiger partial charge in [-0.3, -0.25) is 9.78 Å². The number of aromatic nitrogens is 2. The third kappa shape index (κ3) is 2.69. The Kier molecular flexibility index (Phi) is 3.65. The number of nitrogens with two attached hydrogens (primary N) is 1. The molecule has 0 aliphatic heterocycles. The van der Waals surface area contributed by atoms with Crippen molar-refractivity contribution in [2.24, 2.45) is 0 Å². The minimum atomic E-state index is -0.537. The van der Waals surface area contributed by atoms with Crippen molar-refractivity contribution < 1.29 is 4.74 Å². The topological polar surface area (TPSA) is 81.0 Å². The van der Waals surface area contributed by atoms with Gasteiger partial charge in [0.2, 0.25) is 5.75 Å². The average molecular weight is 307 g/mol. The Balaban J connectivity index is 2.43. The Morgan fingerprint density at radius 3 is 2.39 bits per heavy atom. The predicted octanol–water partition coefficient (Wildman–Crippen LogP) is 3.10. The smallest absolute Gasteiger partial charge is 0.295 e. The number of hydrogen-bond acceptors (Lipinski definition) is 4. The van der Waals surface area contributed by atoms with Gasteiger partial charge in [0.1, 0.15) is 0 Å². The van der Waals surface area contributed by atoms with Crippen LogP contribution in [0.3, 0.4) is 0 Å². The SMILES string of the molecule is Nc1ncc(Oc2c(Cl)cc(Cl)cc2Cl)c(=O)[nH]1. The van der Waals surface area contributed by atoms with Crippen molar-refractivity contribution in [2.75, 3.05) is 5.73 Å². The van der Waals surface area contributed by atoms with Gasteiger partial charge in [-0.2, -0.15) is 0 Å². The molecule has 1 aromatic heterocycles. The van der Waals surface area contributed by atoms with E-state index >= 15 is 0 Å². The molecule has 8 heteroatoms. The number of ether oxygens (including phenoxy) is 1. The fraction of sp³-hybridized carbons (Fsp3) is 0. The summed E-state index contributed by atoms with van der Waals surface area (Å²) in [6.07, 6.45) is 1.18. The minimum Gasteiger partial charge on any atom is -0.447 e. The molecule has 0 bridgehead atoms. The summed E-state index contributed by atoms with van der Waals surface area (Å²) in [6.45, 7) is 0. The standard InChI is InChI=1S/C10H6Cl3N3O2/c11-4-1-5(12)8(6(13)2-4)18-7-3-15-10(14)16-9(7)17/h1-3H,(H3,14,15,16,17). The summed E-state index contributed by atoms with van der Waals surface area (Å²) in [5.74, 6) is 0.0378. The molecule has 5 nitrogen and oxygen atoms in total. The molecule has 18 heavy (non-hydrogen) atoms. The Morgan fingerprint density at radius 1 is 1.22 bits per heavy atom. The van der Waals surface area contributed by atoms with E-state index in [1.165, 1.54) is 18.3 Å². The van der Waals surface area contributed by atoms with Crippen LogP contribution in [0.1, 0.15) is 0 Å². The van der Waals surface area contributed by atoms with Crippen molar-refractivity contribution in [3.63, 3.8) is 0 Å². The van der Waals surface area contributed by atoms with Crippen LogP contribution in [0.15, 0.2) is 23.1 Å². The third-order valence-electron chi connectivity index (χ3n) is 1.96. The van der Waals surface area contributed by atoms with Crippen LogP contribution in [0.25, 0.3) is 0 Å². The van der Waals surface area contributed by atoms with Gasteiger partial charge in [-0.25, -0.2) is 4.98 Å². The first-order valence-electron chi connectivity index (χ1n) is 4.64. The van der Waals surface area contributed by atoms with Gasteiger partial charge in [-0.15, -0.1) is 0 Å². The van der Waals surface area contributed by atoms with Crippen molar-refractivity contribution in [3.8, 4) is 11.5 Å². The van der Waals surface area contributed by atoms with Crippen molar-refractivity contribution in [1.29, 1.82) is 0 Å². The van der Waals surface area contributed by atoms with E-state index in [2.05, 4.69) is 9.97 Å². The summed E-state index contributed by atoms with van der Waals surface area (Å²) in [4.78, 5) is 17.5. The first-order chi connectivity index (χ1) is 8.47. The van der Waals surface area contributed by atoms with Crippen molar-refractivity contribution in [3.05, 3.63) is 43.8 Å². The van der Waals surface area contributed by atoms with Crippen LogP contribution in [0.5, 0.6) is 11.5 Å². The molecule has 0 saturated heterocycles. The summed E-state index contributed by atoms with van der Waals surface area (Å²) in [5, 5.41) is 0.731. The van der Waals surface area contributed by atoms with Crippen LogP contribution in [-0.2, 0) is 0 Å². The lowest BCUT2D eigenvalue weighted by molar-refractivity contribution is 0.472. The molecule has 0 atom stereocenters. The molecule has 2 aromatic rings. The molecule has 0 saturated carbocycles. The lowest BCUT2D eigenvalue weighted by Gasteiger charge is -2.08. The van der Waals surface area contributed by atoms with Gasteiger partial charge >= 0.3 is 0 Å². The number of hydrogen-bond donors (Lipinski definition) is 2. The van der Waals surface area contributed by atoms with Crippen LogP contribution in [0, 0.1) is 0 Å². The van der Waals surface area contributed by atoms with E-state index in [4.69, 9.17) is 45.3 Å². The normalized spacial score (nSPS) is 10.4. The molecule has 0 amide bonds. The summed E-state index contributed by atoms with van der Waals surface area (Å²) >= 11 is 17.6. The quantitative estimate of drug-likeness (QED) is 0.893. The molecule has 0 spiro atoms. The monoisotopic (exact) mass is 305 g/mol. The summed E-state index contributed by atoms with van der Waals surface area (Å²) in [5.41, 5.74) is 4.77. The van der Waals surface area contributed by atoms with E-state index in [1.54, 1.807) is 0 Å². The van der Waals surface area contributed by atoms with Crippen LogP contribution in [0.4, 0.5) is 5.95 Å². The van der Waals surface area contributed by atoms with Gasteiger partial charge in [0.05, 0.1) is 16.2 Å². The first-order valence-corrected chi connectivity index (χ1v) is 5.78. The maximum atomic E-state index is 11.5. The van der Waals surface area contributed by atoms with Gasteiger partial charge in [-0.05, 0) is 12.1 Å². The van der Waals surface area contributed by atoms with Crippen LogP contribution in [-0.4, -0.2) is 9.97 Å². The Hall–Kier alpha value is -1.43. The first kappa shape index (κ1) is 13.0. The Labute approximate surface area is 116 Å². The fourth-order valence-electron chi connectivity index (χ4n) is 1.21. The average Bonchev–Trinajstić information content (AvgIpc) is 2.25. The molecule has 0 aliphatic rings. The van der Waals surface area contributed by atoms with Gasteiger partial charge in [0.25, 0.3) is 5.56 Å². The fourth-order valence-corrected chi connectivity index (χ4v) is 2.10. The van der Waals surface area contributed by atoms with Crippen molar-refractivity contribution >= 4 is 40.8 Å². The van der Waals surface area contributed by atoms with E-state index in [-0.39, 0.29) is 27.5 Å². The summed E-state index contributed by atoms with van der Waals surface area (Å²) in [6, 6.07) is 2.90. The largest absolute Gasteiger partial charge is 0.447 e. The minimum absolute atomic E-state index is 0.0133. The third-order valence-corrected chi connectivity index (χ3v) is 2.74. The lowest BCUT2D eigenvalue weighted by Crippen LogP contribution is -2.12. The molecule has 0 fully saturated rings. The highest BCUT2D eigenvalue weighted by atomic mass is 35.5. The second-order valence-electron chi connectivity index (χ2n) is 3.26. The zero-order valence-electron chi connectivity index (χ0n) is 8.71. The molecular formula is C10H6Cl3N3O2. The number of anilines is 1. The molecule has 94 valence electrons. The molecule has 0 aliphatic carbocycles. The highest BCUT2D eigenvalue weighted by Gasteiger charge is 2.12. The second kappa shape index (κ2) is 5.06. The second-order valence-corrected chi connectivity index (χ2v) is 4.51. The summed E-state index contributed by atoms with van der Waals surface area (Å²) < 4.78 is 5.30. The Bertz CT molecular complexity index is 634. The predicted molar refractivity (Wildman–Crippen MR) is 70.8 cm³/mol. The van der Waals surface area contributed by atoms with E-state index in [1.807, 2.05) is 0 Å². The molecular weight excluding hydrogens is 300 g/mol. The van der Waals surface area contributed by atoms with Gasteiger partial charge < -0.3 is 10.5 Å². The van der Waals surface area contributed by atoms with E-state index in [0.29, 0.717) is 5.02 Å². The number of H-pyrrole nitrogens is 1.